The number of carbonyl (C=O) groups excluding carboxylic acids is 2. The van der Waals surface area contributed by atoms with Crippen molar-refractivity contribution in [3.63, 3.8) is 0 Å². The molecule has 116 valence electrons. The highest BCUT2D eigenvalue weighted by atomic mass is 16.5. The summed E-state index contributed by atoms with van der Waals surface area (Å²) < 4.78 is 0. The van der Waals surface area contributed by atoms with E-state index in [2.05, 4.69) is 0 Å². The minimum Gasteiger partial charge on any atom is -0.348 e. The summed E-state index contributed by atoms with van der Waals surface area (Å²) in [5, 5.41) is 21.1. The van der Waals surface area contributed by atoms with Gasteiger partial charge < -0.3 is 10.2 Å². The molecule has 4 aliphatic rings. The molecule has 3 aliphatic carbocycles. The van der Waals surface area contributed by atoms with Crippen LogP contribution in [0.3, 0.4) is 0 Å². The largest absolute Gasteiger partial charge is 0.348 e. The maximum Gasteiger partial charge on any atom is 0.258 e. The molecular weight excluding hydrogens is 270 g/mol. The molecule has 0 aromatic heterocycles. The first-order valence-corrected chi connectivity index (χ1v) is 8.34. The summed E-state index contributed by atoms with van der Waals surface area (Å²) in [5.74, 6) is -3.32. The molecule has 1 aliphatic heterocycles. The van der Waals surface area contributed by atoms with E-state index in [-0.39, 0.29) is 35.5 Å². The molecule has 1 heterocycles. The molecule has 2 amide bonds. The van der Waals surface area contributed by atoms with E-state index in [4.69, 9.17) is 0 Å². The first-order chi connectivity index (χ1) is 10.0. The van der Waals surface area contributed by atoms with E-state index in [1.54, 1.807) is 0 Å². The maximum absolute atomic E-state index is 12.7. The molecule has 3 saturated carbocycles. The summed E-state index contributed by atoms with van der Waals surface area (Å²) >= 11 is 0. The molecule has 4 atom stereocenters. The van der Waals surface area contributed by atoms with E-state index < -0.39 is 11.8 Å². The van der Waals surface area contributed by atoms with E-state index in [1.165, 1.54) is 0 Å². The van der Waals surface area contributed by atoms with Gasteiger partial charge in [0.15, 0.2) is 0 Å². The third kappa shape index (κ3) is 1.77. The van der Waals surface area contributed by atoms with Crippen molar-refractivity contribution in [2.45, 2.75) is 57.3 Å². The first-order valence-electron chi connectivity index (χ1n) is 8.34. The Morgan fingerprint density at radius 3 is 1.90 bits per heavy atom. The highest BCUT2D eigenvalue weighted by molar-refractivity contribution is 6.06. The van der Waals surface area contributed by atoms with Crippen LogP contribution in [0.2, 0.25) is 0 Å². The molecule has 0 aromatic rings. The van der Waals surface area contributed by atoms with Crippen molar-refractivity contribution in [2.24, 2.45) is 29.6 Å². The Labute approximate surface area is 124 Å². The number of hydrogen-bond donors (Lipinski definition) is 2. The van der Waals surface area contributed by atoms with Crippen molar-refractivity contribution in [3.8, 4) is 0 Å². The van der Waals surface area contributed by atoms with E-state index in [0.29, 0.717) is 12.8 Å². The van der Waals surface area contributed by atoms with Gasteiger partial charge in [-0.2, -0.15) is 0 Å². The van der Waals surface area contributed by atoms with Crippen LogP contribution in [0.25, 0.3) is 0 Å². The van der Waals surface area contributed by atoms with Gasteiger partial charge in [0.2, 0.25) is 11.8 Å². The summed E-state index contributed by atoms with van der Waals surface area (Å²) in [6.07, 6.45) is 7.28. The zero-order valence-corrected chi connectivity index (χ0v) is 12.2. The van der Waals surface area contributed by atoms with Crippen molar-refractivity contribution < 1.29 is 19.8 Å². The average molecular weight is 293 g/mol. The predicted molar refractivity (Wildman–Crippen MR) is 73.4 cm³/mol. The molecule has 0 radical (unpaired) electrons. The fourth-order valence-electron chi connectivity index (χ4n) is 5.41. The minimum absolute atomic E-state index is 0.279. The Hall–Kier alpha value is -0.940. The van der Waals surface area contributed by atoms with E-state index in [0.717, 1.165) is 43.4 Å². The van der Waals surface area contributed by atoms with Gasteiger partial charge in [-0.1, -0.05) is 19.3 Å². The number of nitrogens with zero attached hydrogens (tertiary/aromatic N) is 1. The number of fused-ring (bicyclic) bond motifs is 5. The van der Waals surface area contributed by atoms with Crippen LogP contribution in [0.15, 0.2) is 0 Å². The summed E-state index contributed by atoms with van der Waals surface area (Å²) in [6.45, 7) is 0. The minimum atomic E-state index is -2.28. The SMILES string of the molecule is O=C1C2C3CCC(C3)C2C(=O)N1C(O)(O)C1CCCCC1. The zero-order valence-electron chi connectivity index (χ0n) is 12.2. The van der Waals surface area contributed by atoms with Crippen molar-refractivity contribution in [1.29, 1.82) is 0 Å². The third-order valence-electron chi connectivity index (χ3n) is 6.41. The fourth-order valence-corrected chi connectivity index (χ4v) is 5.41. The maximum atomic E-state index is 12.7. The van der Waals surface area contributed by atoms with Crippen LogP contribution in [0.5, 0.6) is 0 Å². The summed E-state index contributed by atoms with van der Waals surface area (Å²) in [7, 11) is 0. The van der Waals surface area contributed by atoms with Crippen molar-refractivity contribution in [2.75, 3.05) is 0 Å². The standard InChI is InChI=1S/C16H23NO4/c18-14-12-9-6-7-10(8-9)13(12)15(19)17(14)16(20,21)11-4-2-1-3-5-11/h9-13,20-21H,1-8H2. The number of rotatable bonds is 2. The second kappa shape index (κ2) is 4.53. The molecule has 4 fully saturated rings. The van der Waals surface area contributed by atoms with Crippen LogP contribution in [-0.2, 0) is 9.59 Å². The van der Waals surface area contributed by atoms with Gasteiger partial charge >= 0.3 is 0 Å². The summed E-state index contributed by atoms with van der Waals surface area (Å²) in [5.41, 5.74) is 0. The molecule has 2 bridgehead atoms. The van der Waals surface area contributed by atoms with E-state index in [9.17, 15) is 19.8 Å². The highest BCUT2D eigenvalue weighted by Crippen LogP contribution is 2.57. The van der Waals surface area contributed by atoms with E-state index >= 15 is 0 Å². The van der Waals surface area contributed by atoms with E-state index in [1.807, 2.05) is 0 Å². The highest BCUT2D eigenvalue weighted by Gasteiger charge is 2.65. The van der Waals surface area contributed by atoms with Crippen molar-refractivity contribution in [1.82, 2.24) is 4.90 Å². The molecule has 5 nitrogen and oxygen atoms in total. The second-order valence-corrected chi connectivity index (χ2v) is 7.42. The normalized spacial score (nSPS) is 40.2. The lowest BCUT2D eigenvalue weighted by molar-refractivity contribution is -0.281. The molecule has 4 rings (SSSR count). The van der Waals surface area contributed by atoms with Gasteiger partial charge in [-0.25, -0.2) is 4.90 Å². The van der Waals surface area contributed by atoms with Crippen LogP contribution < -0.4 is 0 Å². The molecule has 0 aromatic carbocycles. The molecule has 4 unspecified atom stereocenters. The van der Waals surface area contributed by atoms with Gasteiger partial charge in [-0.3, -0.25) is 9.59 Å². The number of imide groups is 1. The molecule has 1 saturated heterocycles. The molecular formula is C16H23NO4. The number of amides is 2. The monoisotopic (exact) mass is 293 g/mol. The van der Waals surface area contributed by atoms with Crippen molar-refractivity contribution >= 4 is 11.8 Å². The van der Waals surface area contributed by atoms with Crippen LogP contribution in [0, 0.1) is 29.6 Å². The first kappa shape index (κ1) is 13.7. The Morgan fingerprint density at radius 1 is 0.857 bits per heavy atom. The number of carbonyl (C=O) groups is 2. The van der Waals surface area contributed by atoms with Gasteiger partial charge in [0.25, 0.3) is 5.91 Å². The Bertz CT molecular complexity index is 455. The van der Waals surface area contributed by atoms with Gasteiger partial charge in [-0.15, -0.1) is 0 Å². The lowest BCUT2D eigenvalue weighted by Gasteiger charge is -2.39. The van der Waals surface area contributed by atoms with Gasteiger partial charge in [-0.05, 0) is 43.9 Å². The van der Waals surface area contributed by atoms with Crippen LogP contribution in [0.1, 0.15) is 51.4 Å². The predicted octanol–water partition coefficient (Wildman–Crippen LogP) is 1.24. The summed E-state index contributed by atoms with van der Waals surface area (Å²) in [4.78, 5) is 26.2. The second-order valence-electron chi connectivity index (χ2n) is 7.42. The Kier molecular flexibility index (Phi) is 2.95. The topological polar surface area (TPSA) is 77.8 Å². The third-order valence-corrected chi connectivity index (χ3v) is 6.41. The average Bonchev–Trinajstić information content (AvgIpc) is 3.14. The number of hydrogen-bond acceptors (Lipinski definition) is 4. The lowest BCUT2D eigenvalue weighted by Crippen LogP contribution is -2.57. The number of likely N-dealkylation sites (tertiary alicyclic amines) is 1. The molecule has 5 heteroatoms. The summed E-state index contributed by atoms with van der Waals surface area (Å²) in [6, 6.07) is 0. The van der Waals surface area contributed by atoms with Crippen molar-refractivity contribution in [3.05, 3.63) is 0 Å². The molecule has 21 heavy (non-hydrogen) atoms. The van der Waals surface area contributed by atoms with Crippen LogP contribution in [-0.4, -0.2) is 32.8 Å². The van der Waals surface area contributed by atoms with Crippen LogP contribution >= 0.6 is 0 Å². The molecule has 2 N–H and O–H groups in total. The smallest absolute Gasteiger partial charge is 0.258 e. The lowest BCUT2D eigenvalue weighted by atomic mass is 9.81. The zero-order chi connectivity index (χ0) is 14.8. The van der Waals surface area contributed by atoms with Gasteiger partial charge in [0.1, 0.15) is 0 Å². The number of aliphatic hydroxyl groups is 2. The van der Waals surface area contributed by atoms with Gasteiger partial charge in [0.05, 0.1) is 11.8 Å². The van der Waals surface area contributed by atoms with Crippen LogP contribution in [0.4, 0.5) is 0 Å². The van der Waals surface area contributed by atoms with Gasteiger partial charge in [0, 0.05) is 5.92 Å². The quantitative estimate of drug-likeness (QED) is 0.593. The fraction of sp³-hybridized carbons (Fsp3) is 0.875. The Morgan fingerprint density at radius 2 is 1.38 bits per heavy atom. The Balaban J connectivity index is 1.63. The molecule has 0 spiro atoms.